The van der Waals surface area contributed by atoms with Crippen LogP contribution in [0.2, 0.25) is 0 Å². The van der Waals surface area contributed by atoms with E-state index >= 15 is 0 Å². The Bertz CT molecular complexity index is 510. The Morgan fingerprint density at radius 3 is 1.79 bits per heavy atom. The van der Waals surface area contributed by atoms with Crippen LogP contribution in [0.15, 0.2) is 60.7 Å². The molecule has 2 aromatic rings. The number of urea groups is 1. The minimum Gasteiger partial charge on any atom is -0.327 e. The zero-order chi connectivity index (χ0) is 13.1. The summed E-state index contributed by atoms with van der Waals surface area (Å²) >= 11 is 0. The van der Waals surface area contributed by atoms with Gasteiger partial charge in [-0.05, 0) is 11.1 Å². The first-order chi connectivity index (χ1) is 9.34. The lowest BCUT2D eigenvalue weighted by molar-refractivity contribution is 0.227. The van der Waals surface area contributed by atoms with Gasteiger partial charge in [-0.25, -0.2) is 4.79 Å². The third-order valence-corrected chi connectivity index (χ3v) is 3.27. The van der Waals surface area contributed by atoms with Crippen molar-refractivity contribution in [2.45, 2.75) is 6.04 Å². The molecular formula is C16H16N2O. The lowest BCUT2D eigenvalue weighted by Gasteiger charge is -2.20. The molecule has 0 unspecified atom stereocenters. The highest BCUT2D eigenvalue weighted by molar-refractivity contribution is 5.77. The fraction of sp³-hybridized carbons (Fsp3) is 0.188. The lowest BCUT2D eigenvalue weighted by atomic mass is 9.99. The molecule has 3 nitrogen and oxygen atoms in total. The normalized spacial score (nSPS) is 13.4. The van der Waals surface area contributed by atoms with Crippen LogP contribution in [0.1, 0.15) is 17.2 Å². The molecule has 3 rings (SSSR count). The molecule has 0 saturated carbocycles. The predicted octanol–water partition coefficient (Wildman–Crippen LogP) is 2.80. The summed E-state index contributed by atoms with van der Waals surface area (Å²) in [7, 11) is 0. The number of rotatable bonds is 3. The van der Waals surface area contributed by atoms with Crippen molar-refractivity contribution in [1.82, 2.24) is 10.2 Å². The predicted molar refractivity (Wildman–Crippen MR) is 74.8 cm³/mol. The fourth-order valence-electron chi connectivity index (χ4n) is 2.12. The summed E-state index contributed by atoms with van der Waals surface area (Å²) in [4.78, 5) is 13.8. The monoisotopic (exact) mass is 252 g/mol. The topological polar surface area (TPSA) is 32.1 Å². The molecule has 1 N–H and O–H groups in total. The number of hydrogen-bond donors (Lipinski definition) is 1. The average molecular weight is 252 g/mol. The van der Waals surface area contributed by atoms with Gasteiger partial charge in [-0.2, -0.15) is 0 Å². The molecule has 1 fully saturated rings. The van der Waals surface area contributed by atoms with Crippen molar-refractivity contribution >= 4 is 6.03 Å². The van der Waals surface area contributed by atoms with Crippen molar-refractivity contribution < 1.29 is 4.79 Å². The van der Waals surface area contributed by atoms with E-state index in [4.69, 9.17) is 0 Å². The average Bonchev–Trinajstić information content (AvgIpc) is 3.31. The van der Waals surface area contributed by atoms with Gasteiger partial charge in [-0.15, -0.1) is 0 Å². The first kappa shape index (κ1) is 11.8. The van der Waals surface area contributed by atoms with E-state index in [2.05, 4.69) is 5.32 Å². The first-order valence-electron chi connectivity index (χ1n) is 6.50. The molecule has 0 aromatic heterocycles. The molecular weight excluding hydrogens is 236 g/mol. The molecule has 0 bridgehead atoms. The second-order valence-electron chi connectivity index (χ2n) is 4.69. The second kappa shape index (κ2) is 5.14. The van der Waals surface area contributed by atoms with Crippen LogP contribution >= 0.6 is 0 Å². The van der Waals surface area contributed by atoms with Gasteiger partial charge in [0, 0.05) is 13.1 Å². The molecule has 0 atom stereocenters. The van der Waals surface area contributed by atoms with Crippen LogP contribution in [-0.4, -0.2) is 24.0 Å². The molecule has 19 heavy (non-hydrogen) atoms. The van der Waals surface area contributed by atoms with E-state index in [1.807, 2.05) is 60.7 Å². The van der Waals surface area contributed by atoms with Crippen LogP contribution in [0, 0.1) is 0 Å². The summed E-state index contributed by atoms with van der Waals surface area (Å²) in [6.45, 7) is 1.73. The van der Waals surface area contributed by atoms with Crippen molar-refractivity contribution in [3.05, 3.63) is 71.8 Å². The van der Waals surface area contributed by atoms with Crippen LogP contribution in [-0.2, 0) is 0 Å². The quantitative estimate of drug-likeness (QED) is 0.837. The Morgan fingerprint density at radius 2 is 1.37 bits per heavy atom. The maximum Gasteiger partial charge on any atom is 0.318 e. The highest BCUT2D eigenvalue weighted by Crippen LogP contribution is 2.22. The summed E-state index contributed by atoms with van der Waals surface area (Å²) in [6, 6.07) is 20.0. The van der Waals surface area contributed by atoms with Gasteiger partial charge in [0.25, 0.3) is 0 Å². The van der Waals surface area contributed by atoms with E-state index in [0.29, 0.717) is 0 Å². The summed E-state index contributed by atoms with van der Waals surface area (Å²) < 4.78 is 0. The molecule has 1 aliphatic rings. The number of nitrogens with zero attached hydrogens (tertiary/aromatic N) is 1. The number of carbonyl (C=O) groups excluding carboxylic acids is 1. The Labute approximate surface area is 112 Å². The van der Waals surface area contributed by atoms with Gasteiger partial charge >= 0.3 is 6.03 Å². The van der Waals surface area contributed by atoms with Gasteiger partial charge in [-0.1, -0.05) is 60.7 Å². The molecule has 0 aliphatic carbocycles. The highest BCUT2D eigenvalue weighted by atomic mass is 16.2. The van der Waals surface area contributed by atoms with Crippen molar-refractivity contribution in [2.24, 2.45) is 0 Å². The number of benzene rings is 2. The van der Waals surface area contributed by atoms with E-state index in [1.54, 1.807) is 4.90 Å². The maximum absolute atomic E-state index is 12.0. The summed E-state index contributed by atoms with van der Waals surface area (Å²) in [6.07, 6.45) is 0. The standard InChI is InChI=1S/C16H16N2O/c19-16(18-11-12-18)17-15(13-7-3-1-4-8-13)14-9-5-2-6-10-14/h1-10,15H,11-12H2,(H,17,19). The highest BCUT2D eigenvalue weighted by Gasteiger charge is 2.26. The van der Waals surface area contributed by atoms with Gasteiger partial charge in [-0.3, -0.25) is 0 Å². The van der Waals surface area contributed by atoms with E-state index in [0.717, 1.165) is 24.2 Å². The fourth-order valence-corrected chi connectivity index (χ4v) is 2.12. The zero-order valence-electron chi connectivity index (χ0n) is 10.6. The Balaban J connectivity index is 1.89. The second-order valence-corrected chi connectivity index (χ2v) is 4.69. The molecule has 0 radical (unpaired) electrons. The molecule has 3 heteroatoms. The van der Waals surface area contributed by atoms with Gasteiger partial charge in [0.2, 0.25) is 0 Å². The third-order valence-electron chi connectivity index (χ3n) is 3.27. The van der Waals surface area contributed by atoms with E-state index in [-0.39, 0.29) is 12.1 Å². The van der Waals surface area contributed by atoms with E-state index in [9.17, 15) is 4.79 Å². The number of hydrogen-bond acceptors (Lipinski definition) is 1. The molecule has 2 amide bonds. The summed E-state index contributed by atoms with van der Waals surface area (Å²) in [5, 5.41) is 3.10. The maximum atomic E-state index is 12.0. The zero-order valence-corrected chi connectivity index (χ0v) is 10.6. The molecule has 2 aromatic carbocycles. The lowest BCUT2D eigenvalue weighted by Crippen LogP contribution is -2.32. The SMILES string of the molecule is O=C(NC(c1ccccc1)c1ccccc1)N1CC1. The largest absolute Gasteiger partial charge is 0.327 e. The first-order valence-corrected chi connectivity index (χ1v) is 6.50. The van der Waals surface area contributed by atoms with Crippen LogP contribution < -0.4 is 5.32 Å². The molecule has 96 valence electrons. The minimum atomic E-state index is -0.0875. The van der Waals surface area contributed by atoms with Gasteiger partial charge in [0.05, 0.1) is 6.04 Å². The Morgan fingerprint density at radius 1 is 0.895 bits per heavy atom. The van der Waals surface area contributed by atoms with Crippen LogP contribution in [0.25, 0.3) is 0 Å². The van der Waals surface area contributed by atoms with Crippen LogP contribution in [0.3, 0.4) is 0 Å². The molecule has 1 aliphatic heterocycles. The third kappa shape index (κ3) is 2.76. The molecule has 1 heterocycles. The van der Waals surface area contributed by atoms with Gasteiger partial charge in [0.15, 0.2) is 0 Å². The van der Waals surface area contributed by atoms with Crippen molar-refractivity contribution in [2.75, 3.05) is 13.1 Å². The minimum absolute atomic E-state index is 0.0118. The summed E-state index contributed by atoms with van der Waals surface area (Å²) in [5.41, 5.74) is 2.20. The molecule has 1 saturated heterocycles. The van der Waals surface area contributed by atoms with Crippen molar-refractivity contribution in [1.29, 1.82) is 0 Å². The van der Waals surface area contributed by atoms with Crippen molar-refractivity contribution in [3.8, 4) is 0 Å². The van der Waals surface area contributed by atoms with Crippen LogP contribution in [0.5, 0.6) is 0 Å². The summed E-state index contributed by atoms with van der Waals surface area (Å²) in [5.74, 6) is 0. The van der Waals surface area contributed by atoms with Gasteiger partial charge in [0.1, 0.15) is 0 Å². The van der Waals surface area contributed by atoms with Crippen molar-refractivity contribution in [3.63, 3.8) is 0 Å². The van der Waals surface area contributed by atoms with E-state index in [1.165, 1.54) is 0 Å². The van der Waals surface area contributed by atoms with Gasteiger partial charge < -0.3 is 10.2 Å². The van der Waals surface area contributed by atoms with E-state index < -0.39 is 0 Å². The Hall–Kier alpha value is -2.29. The number of nitrogens with one attached hydrogen (secondary N) is 1. The number of carbonyl (C=O) groups is 1. The smallest absolute Gasteiger partial charge is 0.318 e. The van der Waals surface area contributed by atoms with Crippen LogP contribution in [0.4, 0.5) is 4.79 Å². The Kier molecular flexibility index (Phi) is 3.19. The number of amides is 2. The molecule has 0 spiro atoms.